The maximum Gasteiger partial charge on any atom is 0.227 e. The highest BCUT2D eigenvalue weighted by Gasteiger charge is 2.29. The second-order valence-corrected chi connectivity index (χ2v) is 6.50. The van der Waals surface area contributed by atoms with Crippen molar-refractivity contribution in [2.75, 3.05) is 11.9 Å². The molecular weight excluding hydrogens is 351 g/mol. The van der Waals surface area contributed by atoms with Crippen LogP contribution in [0.2, 0.25) is 0 Å². The average molecular weight is 372 g/mol. The second-order valence-electron chi connectivity index (χ2n) is 5.34. The van der Waals surface area contributed by atoms with Crippen LogP contribution in [0.25, 0.3) is 0 Å². The summed E-state index contributed by atoms with van der Waals surface area (Å²) < 4.78 is 1.18. The number of benzene rings is 1. The molecule has 1 aliphatic carbocycles. The largest absolute Gasteiger partial charge is 0.330 e. The van der Waals surface area contributed by atoms with Gasteiger partial charge in [0, 0.05) is 15.2 Å². The minimum Gasteiger partial charge on any atom is -0.330 e. The van der Waals surface area contributed by atoms with E-state index in [1.165, 1.54) is 15.6 Å². The van der Waals surface area contributed by atoms with Gasteiger partial charge in [0.25, 0.3) is 0 Å². The molecule has 0 bridgehead atoms. The number of rotatable bonds is 3. The third kappa shape index (κ3) is 3.69. The zero-order valence-electron chi connectivity index (χ0n) is 11.3. The first-order chi connectivity index (χ1) is 9.11. The molecule has 0 saturated heterocycles. The number of aryl methyl sites for hydroxylation is 1. The van der Waals surface area contributed by atoms with Crippen molar-refractivity contribution in [2.24, 2.45) is 17.6 Å². The van der Waals surface area contributed by atoms with E-state index in [0.29, 0.717) is 12.5 Å². The van der Waals surface area contributed by atoms with Crippen molar-refractivity contribution in [3.8, 4) is 0 Å². The predicted molar refractivity (Wildman–Crippen MR) is 87.0 cm³/mol. The fourth-order valence-electron chi connectivity index (χ4n) is 2.74. The Balaban J connectivity index is 2.05. The van der Waals surface area contributed by atoms with Crippen LogP contribution < -0.4 is 11.1 Å². The van der Waals surface area contributed by atoms with Gasteiger partial charge in [-0.05, 0) is 72.5 Å². The summed E-state index contributed by atoms with van der Waals surface area (Å²) in [6.07, 6.45) is 4.39. The van der Waals surface area contributed by atoms with Crippen LogP contribution in [0.4, 0.5) is 5.69 Å². The van der Waals surface area contributed by atoms with Gasteiger partial charge in [0.2, 0.25) is 5.91 Å². The monoisotopic (exact) mass is 372 g/mol. The molecule has 0 spiro atoms. The smallest absolute Gasteiger partial charge is 0.227 e. The van der Waals surface area contributed by atoms with Crippen molar-refractivity contribution in [2.45, 2.75) is 32.6 Å². The van der Waals surface area contributed by atoms with Gasteiger partial charge in [0.15, 0.2) is 0 Å². The van der Waals surface area contributed by atoms with Crippen LogP contribution in [0.5, 0.6) is 0 Å². The Morgan fingerprint density at radius 2 is 2.16 bits per heavy atom. The molecular formula is C15H21IN2O. The fourth-order valence-corrected chi connectivity index (χ4v) is 3.26. The Kier molecular flexibility index (Phi) is 5.21. The summed E-state index contributed by atoms with van der Waals surface area (Å²) in [4.78, 5) is 12.4. The van der Waals surface area contributed by atoms with Crippen molar-refractivity contribution in [3.63, 3.8) is 0 Å². The minimum absolute atomic E-state index is 0.0812. The van der Waals surface area contributed by atoms with Crippen LogP contribution in [-0.4, -0.2) is 12.5 Å². The van der Waals surface area contributed by atoms with E-state index in [1.807, 2.05) is 18.2 Å². The van der Waals surface area contributed by atoms with E-state index >= 15 is 0 Å². The number of amides is 1. The Morgan fingerprint density at radius 1 is 1.42 bits per heavy atom. The number of nitrogens with two attached hydrogens (primary N) is 1. The Bertz CT molecular complexity index is 461. The first-order valence-corrected chi connectivity index (χ1v) is 7.96. The molecule has 1 saturated carbocycles. The lowest BCUT2D eigenvalue weighted by Gasteiger charge is -2.29. The molecule has 1 aliphatic rings. The van der Waals surface area contributed by atoms with Crippen molar-refractivity contribution in [1.82, 2.24) is 0 Å². The van der Waals surface area contributed by atoms with Gasteiger partial charge in [-0.3, -0.25) is 4.79 Å². The van der Waals surface area contributed by atoms with Gasteiger partial charge in [0.05, 0.1) is 0 Å². The molecule has 1 fully saturated rings. The summed E-state index contributed by atoms with van der Waals surface area (Å²) in [5.41, 5.74) is 7.91. The van der Waals surface area contributed by atoms with Crippen LogP contribution >= 0.6 is 22.6 Å². The first-order valence-electron chi connectivity index (χ1n) is 6.89. The lowest BCUT2D eigenvalue weighted by Crippen LogP contribution is -2.35. The van der Waals surface area contributed by atoms with Crippen LogP contribution in [0.3, 0.4) is 0 Å². The highest BCUT2D eigenvalue weighted by molar-refractivity contribution is 14.1. The summed E-state index contributed by atoms with van der Waals surface area (Å²) in [5.74, 6) is 0.561. The molecule has 2 rings (SSSR count). The predicted octanol–water partition coefficient (Wildman–Crippen LogP) is 3.30. The maximum atomic E-state index is 12.4. The van der Waals surface area contributed by atoms with Crippen LogP contribution in [0.1, 0.15) is 31.2 Å². The molecule has 4 heteroatoms. The zero-order valence-corrected chi connectivity index (χ0v) is 13.4. The minimum atomic E-state index is 0.0812. The standard InChI is InChI=1S/C15H21IN2O/c1-10-6-7-12(8-14(10)16)18-15(19)13-5-3-2-4-11(13)9-17/h6-8,11,13H,2-5,9,17H2,1H3,(H,18,19). The molecule has 3 nitrogen and oxygen atoms in total. The molecule has 0 heterocycles. The first kappa shape index (κ1) is 14.8. The molecule has 1 aromatic rings. The van der Waals surface area contributed by atoms with Gasteiger partial charge in [0.1, 0.15) is 0 Å². The number of nitrogens with one attached hydrogen (secondary N) is 1. The average Bonchev–Trinajstić information content (AvgIpc) is 2.43. The molecule has 0 aromatic heterocycles. The van der Waals surface area contributed by atoms with Crippen molar-refractivity contribution in [3.05, 3.63) is 27.3 Å². The summed E-state index contributed by atoms with van der Waals surface area (Å²) >= 11 is 2.29. The second kappa shape index (κ2) is 6.70. The molecule has 1 amide bonds. The number of anilines is 1. The van der Waals surface area contributed by atoms with E-state index in [-0.39, 0.29) is 11.8 Å². The maximum absolute atomic E-state index is 12.4. The van der Waals surface area contributed by atoms with Crippen LogP contribution in [0.15, 0.2) is 18.2 Å². The van der Waals surface area contributed by atoms with Gasteiger partial charge in [-0.1, -0.05) is 18.9 Å². The molecule has 0 radical (unpaired) electrons. The highest BCUT2D eigenvalue weighted by atomic mass is 127. The normalized spacial score (nSPS) is 23.1. The highest BCUT2D eigenvalue weighted by Crippen LogP contribution is 2.30. The molecule has 1 aromatic carbocycles. The van der Waals surface area contributed by atoms with E-state index in [1.54, 1.807) is 0 Å². The van der Waals surface area contributed by atoms with E-state index < -0.39 is 0 Å². The van der Waals surface area contributed by atoms with Crippen molar-refractivity contribution < 1.29 is 4.79 Å². The SMILES string of the molecule is Cc1ccc(NC(=O)C2CCCCC2CN)cc1I. The van der Waals surface area contributed by atoms with Crippen LogP contribution in [0, 0.1) is 22.3 Å². The number of halogens is 1. The number of carbonyl (C=O) groups is 1. The molecule has 0 aliphatic heterocycles. The Labute approximate surface area is 128 Å². The van der Waals surface area contributed by atoms with E-state index in [4.69, 9.17) is 5.73 Å². The molecule has 2 unspecified atom stereocenters. The number of hydrogen-bond acceptors (Lipinski definition) is 2. The third-order valence-corrected chi connectivity index (χ3v) is 5.15. The van der Waals surface area contributed by atoms with Crippen molar-refractivity contribution in [1.29, 1.82) is 0 Å². The number of hydrogen-bond donors (Lipinski definition) is 2. The molecule has 2 atom stereocenters. The van der Waals surface area contributed by atoms with Gasteiger partial charge < -0.3 is 11.1 Å². The van der Waals surface area contributed by atoms with E-state index in [0.717, 1.165) is 24.9 Å². The summed E-state index contributed by atoms with van der Waals surface area (Å²) in [7, 11) is 0. The van der Waals surface area contributed by atoms with E-state index in [2.05, 4.69) is 34.8 Å². The zero-order chi connectivity index (χ0) is 13.8. The van der Waals surface area contributed by atoms with Crippen LogP contribution in [-0.2, 0) is 4.79 Å². The summed E-state index contributed by atoms with van der Waals surface area (Å²) in [5, 5.41) is 3.04. The summed E-state index contributed by atoms with van der Waals surface area (Å²) in [6.45, 7) is 2.68. The van der Waals surface area contributed by atoms with Crippen molar-refractivity contribution >= 4 is 34.2 Å². The Morgan fingerprint density at radius 3 is 2.84 bits per heavy atom. The van der Waals surface area contributed by atoms with Gasteiger partial charge >= 0.3 is 0 Å². The van der Waals surface area contributed by atoms with Gasteiger partial charge in [-0.15, -0.1) is 0 Å². The lowest BCUT2D eigenvalue weighted by molar-refractivity contribution is -0.122. The Hall–Kier alpha value is -0.620. The van der Waals surface area contributed by atoms with Gasteiger partial charge in [-0.25, -0.2) is 0 Å². The third-order valence-electron chi connectivity index (χ3n) is 3.99. The van der Waals surface area contributed by atoms with E-state index in [9.17, 15) is 4.79 Å². The molecule has 19 heavy (non-hydrogen) atoms. The molecule has 104 valence electrons. The number of carbonyl (C=O) groups excluding carboxylic acids is 1. The fraction of sp³-hybridized carbons (Fsp3) is 0.533. The molecule has 3 N–H and O–H groups in total. The lowest BCUT2D eigenvalue weighted by atomic mass is 9.78. The van der Waals surface area contributed by atoms with Gasteiger partial charge in [-0.2, -0.15) is 0 Å². The summed E-state index contributed by atoms with van der Waals surface area (Å²) in [6, 6.07) is 6.03. The quantitative estimate of drug-likeness (QED) is 0.800. The topological polar surface area (TPSA) is 55.1 Å².